The summed E-state index contributed by atoms with van der Waals surface area (Å²) in [6.07, 6.45) is 0. The van der Waals surface area contributed by atoms with Crippen LogP contribution in [-0.4, -0.2) is 37.5 Å². The van der Waals surface area contributed by atoms with Gasteiger partial charge in [-0.2, -0.15) is 0 Å². The van der Waals surface area contributed by atoms with Crippen LogP contribution < -0.4 is 14.8 Å². The number of fused-ring (bicyclic) bond motifs is 1. The SMILES string of the molecule is COc1cccc(C(=O)N2CC(=O)Nc3ccc(F)cc3C2c2ccccc2)c1OC. The van der Waals surface area contributed by atoms with Crippen LogP contribution in [0.1, 0.15) is 27.5 Å². The highest BCUT2D eigenvalue weighted by Crippen LogP contribution is 2.39. The quantitative estimate of drug-likeness (QED) is 0.692. The fourth-order valence-corrected chi connectivity index (χ4v) is 3.87. The lowest BCUT2D eigenvalue weighted by Crippen LogP contribution is -2.39. The summed E-state index contributed by atoms with van der Waals surface area (Å²) in [5.74, 6) is -0.596. The van der Waals surface area contributed by atoms with Crippen molar-refractivity contribution < 1.29 is 23.5 Å². The Morgan fingerprint density at radius 1 is 1.03 bits per heavy atom. The van der Waals surface area contributed by atoms with Crippen LogP contribution in [0.4, 0.5) is 10.1 Å². The van der Waals surface area contributed by atoms with Crippen LogP contribution in [0.25, 0.3) is 0 Å². The largest absolute Gasteiger partial charge is 0.493 e. The Balaban J connectivity index is 1.91. The Bertz CT molecular complexity index is 1130. The minimum atomic E-state index is -0.686. The van der Waals surface area contributed by atoms with Crippen LogP contribution in [0.2, 0.25) is 0 Å². The van der Waals surface area contributed by atoms with E-state index in [-0.39, 0.29) is 23.8 Å². The Labute approximate surface area is 179 Å². The minimum Gasteiger partial charge on any atom is -0.493 e. The number of anilines is 1. The second-order valence-corrected chi connectivity index (χ2v) is 7.07. The van der Waals surface area contributed by atoms with Crippen LogP contribution in [0.3, 0.4) is 0 Å². The summed E-state index contributed by atoms with van der Waals surface area (Å²) in [6, 6.07) is 17.7. The van der Waals surface area contributed by atoms with Gasteiger partial charge in [0.15, 0.2) is 11.5 Å². The summed E-state index contributed by atoms with van der Waals surface area (Å²) in [5, 5.41) is 2.78. The molecule has 0 fully saturated rings. The van der Waals surface area contributed by atoms with Crippen LogP contribution in [0.5, 0.6) is 11.5 Å². The molecule has 0 saturated heterocycles. The van der Waals surface area contributed by atoms with Gasteiger partial charge in [-0.3, -0.25) is 9.59 Å². The van der Waals surface area contributed by atoms with Gasteiger partial charge in [0.25, 0.3) is 5.91 Å². The number of carbonyl (C=O) groups is 2. The highest BCUT2D eigenvalue weighted by Gasteiger charge is 2.35. The van der Waals surface area contributed by atoms with Crippen molar-refractivity contribution in [1.82, 2.24) is 4.90 Å². The lowest BCUT2D eigenvalue weighted by molar-refractivity contribution is -0.117. The van der Waals surface area contributed by atoms with Crippen molar-refractivity contribution in [2.75, 3.05) is 26.1 Å². The van der Waals surface area contributed by atoms with Crippen molar-refractivity contribution in [3.8, 4) is 11.5 Å². The van der Waals surface area contributed by atoms with Gasteiger partial charge in [0.05, 0.1) is 25.8 Å². The molecule has 0 aromatic heterocycles. The van der Waals surface area contributed by atoms with Gasteiger partial charge in [0.2, 0.25) is 5.91 Å². The number of ether oxygens (including phenoxy) is 2. The van der Waals surface area contributed by atoms with Crippen molar-refractivity contribution in [3.05, 3.63) is 89.2 Å². The summed E-state index contributed by atoms with van der Waals surface area (Å²) >= 11 is 0. The monoisotopic (exact) mass is 420 g/mol. The molecule has 7 heteroatoms. The fraction of sp³-hybridized carbons (Fsp3) is 0.167. The second kappa shape index (κ2) is 8.47. The number of nitrogens with one attached hydrogen (secondary N) is 1. The number of carbonyl (C=O) groups excluding carboxylic acids is 2. The lowest BCUT2D eigenvalue weighted by Gasteiger charge is -2.31. The van der Waals surface area contributed by atoms with E-state index in [9.17, 15) is 14.0 Å². The van der Waals surface area contributed by atoms with E-state index in [0.717, 1.165) is 5.56 Å². The zero-order valence-corrected chi connectivity index (χ0v) is 17.1. The summed E-state index contributed by atoms with van der Waals surface area (Å²) in [5.41, 5.74) is 1.96. The van der Waals surface area contributed by atoms with Gasteiger partial charge in [0.1, 0.15) is 12.4 Å². The minimum absolute atomic E-state index is 0.213. The Hall–Kier alpha value is -3.87. The fourth-order valence-electron chi connectivity index (χ4n) is 3.87. The van der Waals surface area contributed by atoms with E-state index in [2.05, 4.69) is 5.32 Å². The highest BCUT2D eigenvalue weighted by atomic mass is 19.1. The molecule has 0 bridgehead atoms. The van der Waals surface area contributed by atoms with Gasteiger partial charge < -0.3 is 19.7 Å². The zero-order chi connectivity index (χ0) is 22.0. The van der Waals surface area contributed by atoms with Gasteiger partial charge in [-0.25, -0.2) is 4.39 Å². The molecule has 6 nitrogen and oxygen atoms in total. The average molecular weight is 420 g/mol. The second-order valence-electron chi connectivity index (χ2n) is 7.07. The predicted octanol–water partition coefficient (Wildman–Crippen LogP) is 4.03. The number of para-hydroxylation sites is 1. The van der Waals surface area contributed by atoms with E-state index >= 15 is 0 Å². The molecule has 3 aromatic rings. The van der Waals surface area contributed by atoms with E-state index in [1.54, 1.807) is 18.2 Å². The van der Waals surface area contributed by atoms with E-state index in [4.69, 9.17) is 9.47 Å². The van der Waals surface area contributed by atoms with Crippen molar-refractivity contribution in [3.63, 3.8) is 0 Å². The Morgan fingerprint density at radius 3 is 2.52 bits per heavy atom. The molecule has 2 amide bonds. The molecule has 1 N–H and O–H groups in total. The smallest absolute Gasteiger partial charge is 0.259 e. The molecule has 0 saturated carbocycles. The molecule has 3 aromatic carbocycles. The van der Waals surface area contributed by atoms with Crippen LogP contribution in [0, 0.1) is 5.82 Å². The molecule has 1 heterocycles. The molecule has 1 atom stereocenters. The molecule has 0 aliphatic carbocycles. The number of rotatable bonds is 4. The first-order valence-corrected chi connectivity index (χ1v) is 9.69. The topological polar surface area (TPSA) is 67.9 Å². The molecular formula is C24H21FN2O4. The molecular weight excluding hydrogens is 399 g/mol. The zero-order valence-electron chi connectivity index (χ0n) is 17.1. The molecule has 4 rings (SSSR count). The normalized spacial score (nSPS) is 15.5. The first-order valence-electron chi connectivity index (χ1n) is 9.69. The van der Waals surface area contributed by atoms with Crippen molar-refractivity contribution in [2.45, 2.75) is 6.04 Å². The number of methoxy groups -OCH3 is 2. The maximum absolute atomic E-state index is 14.2. The molecule has 0 radical (unpaired) electrons. The van der Waals surface area contributed by atoms with E-state index in [1.807, 2.05) is 30.3 Å². The number of hydrogen-bond donors (Lipinski definition) is 1. The molecule has 1 aliphatic heterocycles. The van der Waals surface area contributed by atoms with Crippen LogP contribution >= 0.6 is 0 Å². The highest BCUT2D eigenvalue weighted by molar-refractivity contribution is 6.03. The third-order valence-corrected chi connectivity index (χ3v) is 5.22. The molecule has 0 spiro atoms. The molecule has 1 aliphatic rings. The number of nitrogens with zero attached hydrogens (tertiary/aromatic N) is 1. The van der Waals surface area contributed by atoms with Crippen LogP contribution in [-0.2, 0) is 4.79 Å². The summed E-state index contributed by atoms with van der Waals surface area (Å²) in [4.78, 5) is 27.8. The third kappa shape index (κ3) is 3.82. The summed E-state index contributed by atoms with van der Waals surface area (Å²) in [7, 11) is 2.93. The number of amides is 2. The van der Waals surface area contributed by atoms with Crippen LogP contribution in [0.15, 0.2) is 66.7 Å². The third-order valence-electron chi connectivity index (χ3n) is 5.22. The maximum atomic E-state index is 14.2. The van der Waals surface area contributed by atoms with Crippen molar-refractivity contribution in [1.29, 1.82) is 0 Å². The predicted molar refractivity (Wildman–Crippen MR) is 114 cm³/mol. The van der Waals surface area contributed by atoms with Crippen molar-refractivity contribution in [2.24, 2.45) is 0 Å². The van der Waals surface area contributed by atoms with Gasteiger partial charge in [-0.15, -0.1) is 0 Å². The number of hydrogen-bond acceptors (Lipinski definition) is 4. The summed E-state index contributed by atoms with van der Waals surface area (Å²) in [6.45, 7) is -0.213. The first-order chi connectivity index (χ1) is 15.0. The molecule has 1 unspecified atom stereocenters. The van der Waals surface area contributed by atoms with E-state index < -0.39 is 17.8 Å². The lowest BCUT2D eigenvalue weighted by atomic mass is 9.95. The molecule has 158 valence electrons. The Morgan fingerprint density at radius 2 is 1.81 bits per heavy atom. The average Bonchev–Trinajstić information content (AvgIpc) is 2.94. The van der Waals surface area contributed by atoms with Gasteiger partial charge in [0, 0.05) is 11.3 Å². The summed E-state index contributed by atoms with van der Waals surface area (Å²) < 4.78 is 25.0. The molecule has 31 heavy (non-hydrogen) atoms. The van der Waals surface area contributed by atoms with Gasteiger partial charge in [-0.05, 0) is 35.9 Å². The van der Waals surface area contributed by atoms with E-state index in [0.29, 0.717) is 17.0 Å². The Kier molecular flexibility index (Phi) is 5.58. The van der Waals surface area contributed by atoms with Gasteiger partial charge in [-0.1, -0.05) is 36.4 Å². The number of benzene rings is 3. The van der Waals surface area contributed by atoms with E-state index in [1.165, 1.54) is 37.3 Å². The standard InChI is InChI=1S/C24H21FN2O4/c1-30-20-10-6-9-17(23(20)31-2)24(29)27-14-21(28)26-19-12-11-16(25)13-18(19)22(27)15-7-4-3-5-8-15/h3-13,22H,14H2,1-2H3,(H,26,28). The maximum Gasteiger partial charge on any atom is 0.259 e. The first kappa shape index (κ1) is 20.4. The van der Waals surface area contributed by atoms with Crippen molar-refractivity contribution >= 4 is 17.5 Å². The van der Waals surface area contributed by atoms with Gasteiger partial charge >= 0.3 is 0 Å². The number of halogens is 1.